The van der Waals surface area contributed by atoms with Crippen LogP contribution < -0.4 is 17.0 Å². The van der Waals surface area contributed by atoms with Crippen molar-refractivity contribution in [2.75, 3.05) is 12.3 Å². The van der Waals surface area contributed by atoms with Crippen molar-refractivity contribution >= 4 is 17.1 Å². The fourth-order valence-corrected chi connectivity index (χ4v) is 2.25. The molecule has 0 radical (unpaired) electrons. The van der Waals surface area contributed by atoms with Crippen LogP contribution in [0.25, 0.3) is 11.2 Å². The largest absolute Gasteiger partial charge is 0.390 e. The SMILES string of the molecule is NC[C@H]1O[C@@H](n2cnc3c(=O)[nH]c(N)nc32)CC1O. The highest BCUT2D eigenvalue weighted by Gasteiger charge is 2.34. The molecule has 3 heterocycles. The number of imidazole rings is 1. The number of anilines is 1. The Hall–Kier alpha value is -1.97. The Morgan fingerprint density at radius 3 is 3.11 bits per heavy atom. The summed E-state index contributed by atoms with van der Waals surface area (Å²) >= 11 is 0. The van der Waals surface area contributed by atoms with E-state index in [1.807, 2.05) is 0 Å². The van der Waals surface area contributed by atoms with Crippen LogP contribution in [0.1, 0.15) is 12.6 Å². The zero-order valence-corrected chi connectivity index (χ0v) is 9.98. The van der Waals surface area contributed by atoms with Crippen LogP contribution in [0.4, 0.5) is 5.95 Å². The molecule has 0 saturated carbocycles. The molecular formula is C10H14N6O3. The van der Waals surface area contributed by atoms with Gasteiger partial charge in [-0.3, -0.25) is 14.3 Å². The minimum atomic E-state index is -0.646. The first-order valence-electron chi connectivity index (χ1n) is 5.86. The maximum atomic E-state index is 11.7. The van der Waals surface area contributed by atoms with Crippen molar-refractivity contribution in [1.29, 1.82) is 0 Å². The van der Waals surface area contributed by atoms with E-state index in [0.29, 0.717) is 12.1 Å². The number of aromatic amines is 1. The number of aliphatic hydroxyl groups is 1. The van der Waals surface area contributed by atoms with E-state index in [4.69, 9.17) is 16.2 Å². The van der Waals surface area contributed by atoms with Crippen LogP contribution in [0.5, 0.6) is 0 Å². The van der Waals surface area contributed by atoms with Gasteiger partial charge in [-0.15, -0.1) is 0 Å². The van der Waals surface area contributed by atoms with Crippen LogP contribution in [-0.4, -0.2) is 43.4 Å². The summed E-state index contributed by atoms with van der Waals surface area (Å²) in [5, 5.41) is 9.79. The topological polar surface area (TPSA) is 145 Å². The van der Waals surface area contributed by atoms with E-state index in [9.17, 15) is 9.90 Å². The van der Waals surface area contributed by atoms with Gasteiger partial charge < -0.3 is 21.3 Å². The number of nitrogens with one attached hydrogen (secondary N) is 1. The molecule has 0 spiro atoms. The number of hydrogen-bond acceptors (Lipinski definition) is 7. The molecule has 3 rings (SSSR count). The molecule has 102 valence electrons. The molecular weight excluding hydrogens is 252 g/mol. The lowest BCUT2D eigenvalue weighted by molar-refractivity contribution is -0.0115. The van der Waals surface area contributed by atoms with E-state index in [-0.39, 0.29) is 18.0 Å². The van der Waals surface area contributed by atoms with Crippen molar-refractivity contribution in [3.05, 3.63) is 16.7 Å². The Morgan fingerprint density at radius 1 is 1.63 bits per heavy atom. The van der Waals surface area contributed by atoms with Crippen LogP contribution in [0.2, 0.25) is 0 Å². The minimum Gasteiger partial charge on any atom is -0.390 e. The molecule has 0 bridgehead atoms. The average molecular weight is 266 g/mol. The Balaban J connectivity index is 2.05. The van der Waals surface area contributed by atoms with Gasteiger partial charge in [-0.2, -0.15) is 4.98 Å². The summed E-state index contributed by atoms with van der Waals surface area (Å²) < 4.78 is 7.19. The number of ether oxygens (including phenoxy) is 1. The van der Waals surface area contributed by atoms with Crippen LogP contribution in [0, 0.1) is 0 Å². The van der Waals surface area contributed by atoms with Crippen molar-refractivity contribution in [3.63, 3.8) is 0 Å². The highest BCUT2D eigenvalue weighted by atomic mass is 16.5. The number of aliphatic hydroxyl groups excluding tert-OH is 1. The third-order valence-electron chi connectivity index (χ3n) is 3.20. The highest BCUT2D eigenvalue weighted by molar-refractivity contribution is 5.70. The second-order valence-electron chi connectivity index (χ2n) is 4.44. The molecule has 0 aliphatic carbocycles. The number of rotatable bonds is 2. The van der Waals surface area contributed by atoms with Gasteiger partial charge in [0.05, 0.1) is 18.5 Å². The predicted octanol–water partition coefficient (Wildman–Crippen LogP) is -1.69. The predicted molar refractivity (Wildman–Crippen MR) is 66.1 cm³/mol. The molecule has 0 amide bonds. The maximum Gasteiger partial charge on any atom is 0.280 e. The van der Waals surface area contributed by atoms with E-state index in [0.717, 1.165) is 0 Å². The first-order chi connectivity index (χ1) is 9.10. The molecule has 2 aromatic heterocycles. The molecule has 9 nitrogen and oxygen atoms in total. The van der Waals surface area contributed by atoms with Crippen LogP contribution in [-0.2, 0) is 4.74 Å². The lowest BCUT2D eigenvalue weighted by Crippen LogP contribution is -2.29. The number of aromatic nitrogens is 4. The quantitative estimate of drug-likeness (QED) is 0.507. The van der Waals surface area contributed by atoms with E-state index in [1.54, 1.807) is 4.57 Å². The zero-order valence-electron chi connectivity index (χ0n) is 9.98. The number of nitrogen functional groups attached to an aromatic ring is 1. The second kappa shape index (κ2) is 4.30. The summed E-state index contributed by atoms with van der Waals surface area (Å²) in [6.07, 6.45) is 0.278. The summed E-state index contributed by atoms with van der Waals surface area (Å²) in [4.78, 5) is 22.1. The van der Waals surface area contributed by atoms with Gasteiger partial charge in [-0.05, 0) is 0 Å². The fraction of sp³-hybridized carbons (Fsp3) is 0.500. The number of nitrogens with zero attached hydrogens (tertiary/aromatic N) is 3. The van der Waals surface area contributed by atoms with Crippen LogP contribution >= 0.6 is 0 Å². The van der Waals surface area contributed by atoms with Crippen molar-refractivity contribution < 1.29 is 9.84 Å². The number of fused-ring (bicyclic) bond motifs is 1. The van der Waals surface area contributed by atoms with Gasteiger partial charge in [-0.25, -0.2) is 4.98 Å². The maximum absolute atomic E-state index is 11.7. The van der Waals surface area contributed by atoms with E-state index in [1.165, 1.54) is 6.33 Å². The van der Waals surface area contributed by atoms with Crippen molar-refractivity contribution in [1.82, 2.24) is 19.5 Å². The van der Waals surface area contributed by atoms with Gasteiger partial charge in [-0.1, -0.05) is 0 Å². The lowest BCUT2D eigenvalue weighted by atomic mass is 10.2. The Labute approximate surface area is 107 Å². The van der Waals surface area contributed by atoms with Gasteiger partial charge in [0.1, 0.15) is 6.23 Å². The summed E-state index contributed by atoms with van der Waals surface area (Å²) in [5.41, 5.74) is 11.1. The minimum absolute atomic E-state index is 0.00757. The molecule has 19 heavy (non-hydrogen) atoms. The average Bonchev–Trinajstić information content (AvgIpc) is 2.92. The number of hydrogen-bond donors (Lipinski definition) is 4. The molecule has 9 heteroatoms. The van der Waals surface area contributed by atoms with Gasteiger partial charge in [0, 0.05) is 13.0 Å². The zero-order chi connectivity index (χ0) is 13.6. The molecule has 0 aromatic carbocycles. The smallest absolute Gasteiger partial charge is 0.280 e. The first kappa shape index (κ1) is 12.1. The summed E-state index contributed by atoms with van der Waals surface area (Å²) in [6.45, 7) is 0.223. The Bertz CT molecular complexity index is 665. The summed E-state index contributed by atoms with van der Waals surface area (Å²) in [5.74, 6) is 0.00757. The Morgan fingerprint density at radius 2 is 2.42 bits per heavy atom. The number of nitrogens with two attached hydrogens (primary N) is 2. The molecule has 1 unspecified atom stereocenters. The molecule has 2 aromatic rings. The molecule has 1 saturated heterocycles. The van der Waals surface area contributed by atoms with E-state index >= 15 is 0 Å². The van der Waals surface area contributed by atoms with Gasteiger partial charge in [0.2, 0.25) is 5.95 Å². The van der Waals surface area contributed by atoms with Crippen LogP contribution in [0.15, 0.2) is 11.1 Å². The molecule has 1 aliphatic rings. The lowest BCUT2D eigenvalue weighted by Gasteiger charge is -2.13. The van der Waals surface area contributed by atoms with Crippen molar-refractivity contribution in [2.45, 2.75) is 24.9 Å². The van der Waals surface area contributed by atoms with Gasteiger partial charge in [0.25, 0.3) is 5.56 Å². The Kier molecular flexibility index (Phi) is 2.73. The van der Waals surface area contributed by atoms with E-state index in [2.05, 4.69) is 15.0 Å². The van der Waals surface area contributed by atoms with Crippen molar-refractivity contribution in [3.8, 4) is 0 Å². The summed E-state index contributed by atoms with van der Waals surface area (Å²) in [6, 6.07) is 0. The molecule has 6 N–H and O–H groups in total. The van der Waals surface area contributed by atoms with Crippen LogP contribution in [0.3, 0.4) is 0 Å². The summed E-state index contributed by atoms with van der Waals surface area (Å²) in [7, 11) is 0. The standard InChI is InChI=1S/C10H14N6O3/c11-2-5-4(17)1-6(19-5)16-3-13-7-8(16)14-10(12)15-9(7)18/h3-6,17H,1-2,11H2,(H3,12,14,15,18)/t4?,5-,6-/m1/s1. The third kappa shape index (κ3) is 1.87. The molecule has 1 fully saturated rings. The van der Waals surface area contributed by atoms with Gasteiger partial charge >= 0.3 is 0 Å². The third-order valence-corrected chi connectivity index (χ3v) is 3.20. The number of H-pyrrole nitrogens is 1. The monoisotopic (exact) mass is 266 g/mol. The second-order valence-corrected chi connectivity index (χ2v) is 4.44. The molecule has 1 aliphatic heterocycles. The normalized spacial score (nSPS) is 27.2. The highest BCUT2D eigenvalue weighted by Crippen LogP contribution is 2.29. The fourth-order valence-electron chi connectivity index (χ4n) is 2.25. The van der Waals surface area contributed by atoms with Crippen molar-refractivity contribution in [2.24, 2.45) is 5.73 Å². The molecule has 3 atom stereocenters. The van der Waals surface area contributed by atoms with E-state index < -0.39 is 24.0 Å². The first-order valence-corrected chi connectivity index (χ1v) is 5.86. The van der Waals surface area contributed by atoms with Gasteiger partial charge in [0.15, 0.2) is 11.2 Å².